The first-order valence-corrected chi connectivity index (χ1v) is 10.8. The van der Waals surface area contributed by atoms with Crippen molar-refractivity contribution < 1.29 is 18.7 Å². The molecule has 0 radical (unpaired) electrons. The van der Waals surface area contributed by atoms with Crippen LogP contribution in [0.3, 0.4) is 0 Å². The fourth-order valence-electron chi connectivity index (χ4n) is 3.36. The Morgan fingerprint density at radius 1 is 1.19 bits per heavy atom. The van der Waals surface area contributed by atoms with Crippen LogP contribution in [0, 0.1) is 11.2 Å². The predicted octanol–water partition coefficient (Wildman–Crippen LogP) is 6.79. The number of rotatable bonds is 9. The minimum atomic E-state index is -0.395. The summed E-state index contributed by atoms with van der Waals surface area (Å²) < 4.78 is 25.0. The van der Waals surface area contributed by atoms with Gasteiger partial charge in [-0.3, -0.25) is 0 Å². The molecule has 0 atom stereocenters. The number of nitrogens with zero attached hydrogens (tertiary/aromatic N) is 1. The zero-order valence-corrected chi connectivity index (χ0v) is 19.5. The number of hydrogen-bond acceptors (Lipinski definition) is 4. The number of pyridine rings is 1. The van der Waals surface area contributed by atoms with Crippen molar-refractivity contribution in [2.24, 2.45) is 5.41 Å². The lowest BCUT2D eigenvalue weighted by Gasteiger charge is -2.17. The van der Waals surface area contributed by atoms with Crippen molar-refractivity contribution in [2.45, 2.75) is 59.8 Å². The highest BCUT2D eigenvalue weighted by Gasteiger charge is 2.15. The third-order valence-electron chi connectivity index (χ3n) is 5.01. The Kier molecular flexibility index (Phi) is 8.78. The normalized spacial score (nSPS) is 11.9. The molecule has 2 aromatic rings. The zero-order chi connectivity index (χ0) is 23.0. The number of methoxy groups -OCH3 is 1. The quantitative estimate of drug-likeness (QED) is 0.251. The molecular formula is C26H34FNO3. The molecule has 31 heavy (non-hydrogen) atoms. The first kappa shape index (κ1) is 24.6. The maximum absolute atomic E-state index is 14.4. The van der Waals surface area contributed by atoms with Crippen LogP contribution in [0.25, 0.3) is 17.2 Å². The van der Waals surface area contributed by atoms with Gasteiger partial charge in [-0.25, -0.2) is 14.2 Å². The van der Waals surface area contributed by atoms with Gasteiger partial charge < -0.3 is 9.47 Å². The van der Waals surface area contributed by atoms with E-state index in [1.54, 1.807) is 24.4 Å². The van der Waals surface area contributed by atoms with E-state index < -0.39 is 5.97 Å². The molecule has 1 heterocycles. The average molecular weight is 428 g/mol. The van der Waals surface area contributed by atoms with Crippen LogP contribution in [-0.4, -0.2) is 24.7 Å². The van der Waals surface area contributed by atoms with Gasteiger partial charge in [0.15, 0.2) is 0 Å². The van der Waals surface area contributed by atoms with Gasteiger partial charge in [0.1, 0.15) is 5.82 Å². The van der Waals surface area contributed by atoms with Crippen molar-refractivity contribution in [1.29, 1.82) is 0 Å². The Labute approximate surface area is 185 Å². The summed E-state index contributed by atoms with van der Waals surface area (Å²) in [6.07, 6.45) is 7.70. The molecule has 0 saturated heterocycles. The second-order valence-corrected chi connectivity index (χ2v) is 9.22. The van der Waals surface area contributed by atoms with Crippen molar-refractivity contribution in [3.63, 3.8) is 0 Å². The summed E-state index contributed by atoms with van der Waals surface area (Å²) in [6, 6.07) is 6.54. The van der Waals surface area contributed by atoms with Crippen LogP contribution in [0.15, 0.2) is 36.5 Å². The third-order valence-corrected chi connectivity index (χ3v) is 5.01. The summed E-state index contributed by atoms with van der Waals surface area (Å²) in [5, 5.41) is 0. The van der Waals surface area contributed by atoms with Gasteiger partial charge in [-0.05, 0) is 77.1 Å². The Morgan fingerprint density at radius 2 is 1.94 bits per heavy atom. The average Bonchev–Trinajstić information content (AvgIpc) is 2.71. The van der Waals surface area contributed by atoms with Crippen LogP contribution >= 0.6 is 0 Å². The minimum absolute atomic E-state index is 0.0752. The van der Waals surface area contributed by atoms with Crippen LogP contribution < -0.4 is 4.74 Å². The number of aromatic nitrogens is 1. The number of carbonyl (C=O) groups is 1. The van der Waals surface area contributed by atoms with Crippen LogP contribution in [0.5, 0.6) is 5.88 Å². The lowest BCUT2D eigenvalue weighted by molar-refractivity contribution is -0.137. The molecule has 0 spiro atoms. The molecule has 5 heteroatoms. The molecule has 1 aromatic carbocycles. The zero-order valence-electron chi connectivity index (χ0n) is 19.5. The van der Waals surface area contributed by atoms with Gasteiger partial charge in [0.25, 0.3) is 0 Å². The predicted molar refractivity (Wildman–Crippen MR) is 124 cm³/mol. The van der Waals surface area contributed by atoms with Crippen molar-refractivity contribution in [1.82, 2.24) is 4.98 Å². The van der Waals surface area contributed by atoms with E-state index in [0.29, 0.717) is 18.1 Å². The Morgan fingerprint density at radius 3 is 2.58 bits per heavy atom. The first-order chi connectivity index (χ1) is 14.6. The molecule has 0 unspecified atom stereocenters. The molecule has 0 saturated carbocycles. The van der Waals surface area contributed by atoms with E-state index in [1.807, 2.05) is 13.8 Å². The van der Waals surface area contributed by atoms with Gasteiger partial charge in [0, 0.05) is 18.3 Å². The lowest BCUT2D eigenvalue weighted by Crippen LogP contribution is -2.07. The van der Waals surface area contributed by atoms with E-state index in [0.717, 1.165) is 36.0 Å². The van der Waals surface area contributed by atoms with Gasteiger partial charge >= 0.3 is 5.97 Å². The second kappa shape index (κ2) is 11.1. The maximum atomic E-state index is 14.4. The number of esters is 1. The molecule has 0 aliphatic carbocycles. The van der Waals surface area contributed by atoms with E-state index in [9.17, 15) is 9.18 Å². The van der Waals surface area contributed by atoms with Gasteiger partial charge in [0.05, 0.1) is 13.7 Å². The Bertz CT molecular complexity index is 913. The van der Waals surface area contributed by atoms with Crippen LogP contribution in [0.1, 0.15) is 70.9 Å². The molecule has 0 fully saturated rings. The van der Waals surface area contributed by atoms with E-state index in [1.165, 1.54) is 25.3 Å². The molecule has 1 aromatic heterocycles. The smallest absolute Gasteiger partial charge is 0.330 e. The van der Waals surface area contributed by atoms with Gasteiger partial charge in [-0.2, -0.15) is 0 Å². The Balaban J connectivity index is 2.23. The third kappa shape index (κ3) is 7.82. The highest BCUT2D eigenvalue weighted by molar-refractivity contribution is 5.90. The van der Waals surface area contributed by atoms with Gasteiger partial charge in [-0.15, -0.1) is 0 Å². The monoisotopic (exact) mass is 427 g/mol. The first-order valence-electron chi connectivity index (χ1n) is 10.8. The van der Waals surface area contributed by atoms with Crippen LogP contribution in [-0.2, 0) is 9.53 Å². The standard InChI is InChI=1S/C26H34FNO3/c1-18(2)22-16-20(27)17-23(19-11-13-28-24(15-19)30-6)21(22)9-10-25(29)31-14-8-7-12-26(3,4)5/h9-11,13,15-18H,7-8,12,14H2,1-6H3. The number of ether oxygens (including phenoxy) is 2. The van der Waals surface area contributed by atoms with E-state index in [-0.39, 0.29) is 17.2 Å². The van der Waals surface area contributed by atoms with Gasteiger partial charge in [0.2, 0.25) is 5.88 Å². The number of hydrogen-bond donors (Lipinski definition) is 0. The number of benzene rings is 1. The van der Waals surface area contributed by atoms with Crippen molar-refractivity contribution >= 4 is 12.0 Å². The number of halogens is 1. The largest absolute Gasteiger partial charge is 0.481 e. The van der Waals surface area contributed by atoms with E-state index >= 15 is 0 Å². The summed E-state index contributed by atoms with van der Waals surface area (Å²) in [6.45, 7) is 11.0. The lowest BCUT2D eigenvalue weighted by atomic mass is 9.90. The number of unbranched alkanes of at least 4 members (excludes halogenated alkanes) is 1. The molecule has 0 bridgehead atoms. The molecule has 2 rings (SSSR count). The highest BCUT2D eigenvalue weighted by atomic mass is 19.1. The topological polar surface area (TPSA) is 48.4 Å². The van der Waals surface area contributed by atoms with Crippen molar-refractivity contribution in [3.05, 3.63) is 53.5 Å². The number of carbonyl (C=O) groups excluding carboxylic acids is 1. The van der Waals surface area contributed by atoms with Crippen molar-refractivity contribution in [3.8, 4) is 17.0 Å². The van der Waals surface area contributed by atoms with Crippen LogP contribution in [0.2, 0.25) is 0 Å². The van der Waals surface area contributed by atoms with Gasteiger partial charge in [-0.1, -0.05) is 34.6 Å². The molecule has 4 nitrogen and oxygen atoms in total. The maximum Gasteiger partial charge on any atom is 0.330 e. The minimum Gasteiger partial charge on any atom is -0.481 e. The SMILES string of the molecule is COc1cc(-c2cc(F)cc(C(C)C)c2C=CC(=O)OCCCCC(C)(C)C)ccn1. The molecular weight excluding hydrogens is 393 g/mol. The fraction of sp³-hybridized carbons (Fsp3) is 0.462. The molecule has 168 valence electrons. The summed E-state index contributed by atoms with van der Waals surface area (Å²) in [5.74, 6) is -0.204. The van der Waals surface area contributed by atoms with Crippen LogP contribution in [0.4, 0.5) is 4.39 Å². The molecule has 0 aliphatic heterocycles. The summed E-state index contributed by atoms with van der Waals surface area (Å²) in [5.41, 5.74) is 3.34. The summed E-state index contributed by atoms with van der Waals surface area (Å²) >= 11 is 0. The van der Waals surface area contributed by atoms with E-state index in [4.69, 9.17) is 9.47 Å². The van der Waals surface area contributed by atoms with E-state index in [2.05, 4.69) is 25.8 Å². The summed E-state index contributed by atoms with van der Waals surface area (Å²) in [4.78, 5) is 16.4. The molecule has 0 aliphatic rings. The second-order valence-electron chi connectivity index (χ2n) is 9.22. The molecule has 0 N–H and O–H groups in total. The Hall–Kier alpha value is -2.69. The fourth-order valence-corrected chi connectivity index (χ4v) is 3.36. The van der Waals surface area contributed by atoms with Crippen molar-refractivity contribution in [2.75, 3.05) is 13.7 Å². The molecule has 0 amide bonds. The highest BCUT2D eigenvalue weighted by Crippen LogP contribution is 2.33. The summed E-state index contributed by atoms with van der Waals surface area (Å²) in [7, 11) is 1.54.